The Hall–Kier alpha value is -2.46. The SMILES string of the molecule is Cc1ccc(CN[C@H](Cn2cncn2)c2ccccc2)cc1. The predicted molar refractivity (Wildman–Crippen MR) is 87.2 cm³/mol. The average molecular weight is 292 g/mol. The van der Waals surface area contributed by atoms with Crippen molar-refractivity contribution in [3.05, 3.63) is 83.9 Å². The molecule has 2 aromatic carbocycles. The molecule has 0 aliphatic heterocycles. The number of benzene rings is 2. The monoisotopic (exact) mass is 292 g/mol. The summed E-state index contributed by atoms with van der Waals surface area (Å²) in [6.07, 6.45) is 3.32. The van der Waals surface area contributed by atoms with E-state index < -0.39 is 0 Å². The lowest BCUT2D eigenvalue weighted by Crippen LogP contribution is -2.25. The van der Waals surface area contributed by atoms with Crippen molar-refractivity contribution in [2.45, 2.75) is 26.1 Å². The summed E-state index contributed by atoms with van der Waals surface area (Å²) in [5, 5.41) is 7.84. The summed E-state index contributed by atoms with van der Waals surface area (Å²) in [7, 11) is 0. The molecule has 3 aromatic rings. The maximum Gasteiger partial charge on any atom is 0.137 e. The quantitative estimate of drug-likeness (QED) is 0.759. The topological polar surface area (TPSA) is 42.7 Å². The Morgan fingerprint density at radius 1 is 1.05 bits per heavy atom. The molecule has 0 saturated heterocycles. The van der Waals surface area contributed by atoms with Crippen LogP contribution in [0.5, 0.6) is 0 Å². The van der Waals surface area contributed by atoms with E-state index in [1.165, 1.54) is 16.7 Å². The highest BCUT2D eigenvalue weighted by atomic mass is 15.3. The van der Waals surface area contributed by atoms with Crippen LogP contribution in [0.15, 0.2) is 67.3 Å². The van der Waals surface area contributed by atoms with Gasteiger partial charge in [-0.05, 0) is 18.1 Å². The zero-order chi connectivity index (χ0) is 15.2. The first-order chi connectivity index (χ1) is 10.8. The molecule has 0 aliphatic carbocycles. The second-order valence-corrected chi connectivity index (χ2v) is 5.45. The molecular weight excluding hydrogens is 272 g/mol. The number of aryl methyl sites for hydroxylation is 1. The van der Waals surface area contributed by atoms with Gasteiger partial charge in [-0.3, -0.25) is 4.68 Å². The molecule has 0 fully saturated rings. The van der Waals surface area contributed by atoms with Crippen molar-refractivity contribution in [2.24, 2.45) is 0 Å². The van der Waals surface area contributed by atoms with E-state index in [9.17, 15) is 0 Å². The first-order valence-corrected chi connectivity index (χ1v) is 7.47. The van der Waals surface area contributed by atoms with Gasteiger partial charge in [0, 0.05) is 6.54 Å². The van der Waals surface area contributed by atoms with Gasteiger partial charge >= 0.3 is 0 Å². The predicted octanol–water partition coefficient (Wildman–Crippen LogP) is 3.12. The van der Waals surface area contributed by atoms with Crippen LogP contribution in [0, 0.1) is 6.92 Å². The minimum absolute atomic E-state index is 0.198. The van der Waals surface area contributed by atoms with E-state index in [2.05, 4.69) is 70.9 Å². The fourth-order valence-corrected chi connectivity index (χ4v) is 2.43. The summed E-state index contributed by atoms with van der Waals surface area (Å²) in [5.74, 6) is 0. The molecule has 0 saturated carbocycles. The standard InChI is InChI=1S/C18H20N4/c1-15-7-9-16(10-8-15)11-20-18(12-22-14-19-13-21-22)17-5-3-2-4-6-17/h2-10,13-14,18,20H,11-12H2,1H3/t18-/m1/s1. The van der Waals surface area contributed by atoms with Gasteiger partial charge in [0.15, 0.2) is 0 Å². The Bertz CT molecular complexity index is 675. The van der Waals surface area contributed by atoms with Crippen molar-refractivity contribution in [1.29, 1.82) is 0 Å². The van der Waals surface area contributed by atoms with Crippen LogP contribution in [0.2, 0.25) is 0 Å². The van der Waals surface area contributed by atoms with Gasteiger partial charge in [0.1, 0.15) is 12.7 Å². The summed E-state index contributed by atoms with van der Waals surface area (Å²) in [6, 6.07) is 19.3. The molecule has 0 amide bonds. The normalized spacial score (nSPS) is 12.2. The molecule has 4 nitrogen and oxygen atoms in total. The highest BCUT2D eigenvalue weighted by Gasteiger charge is 2.12. The highest BCUT2D eigenvalue weighted by Crippen LogP contribution is 2.15. The van der Waals surface area contributed by atoms with E-state index >= 15 is 0 Å². The summed E-state index contributed by atoms with van der Waals surface area (Å²) < 4.78 is 1.86. The van der Waals surface area contributed by atoms with E-state index in [0.29, 0.717) is 0 Å². The fourth-order valence-electron chi connectivity index (χ4n) is 2.43. The summed E-state index contributed by atoms with van der Waals surface area (Å²) in [5.41, 5.74) is 3.82. The van der Waals surface area contributed by atoms with Crippen LogP contribution in [0.25, 0.3) is 0 Å². The highest BCUT2D eigenvalue weighted by molar-refractivity contribution is 5.22. The first kappa shape index (κ1) is 14.5. The summed E-state index contributed by atoms with van der Waals surface area (Å²) in [6.45, 7) is 3.69. The van der Waals surface area contributed by atoms with Gasteiger partial charge in [-0.15, -0.1) is 0 Å². The van der Waals surface area contributed by atoms with Crippen molar-refractivity contribution in [1.82, 2.24) is 20.1 Å². The smallest absolute Gasteiger partial charge is 0.137 e. The maximum absolute atomic E-state index is 4.21. The number of hydrogen-bond acceptors (Lipinski definition) is 3. The molecule has 0 unspecified atom stereocenters. The molecule has 22 heavy (non-hydrogen) atoms. The fraction of sp³-hybridized carbons (Fsp3) is 0.222. The lowest BCUT2D eigenvalue weighted by atomic mass is 10.1. The van der Waals surface area contributed by atoms with Gasteiger partial charge in [0.2, 0.25) is 0 Å². The van der Waals surface area contributed by atoms with Gasteiger partial charge in [-0.2, -0.15) is 5.10 Å². The second kappa shape index (κ2) is 7.00. The van der Waals surface area contributed by atoms with Gasteiger partial charge in [-0.25, -0.2) is 4.98 Å². The van der Waals surface area contributed by atoms with E-state index in [-0.39, 0.29) is 6.04 Å². The molecule has 0 radical (unpaired) electrons. The minimum Gasteiger partial charge on any atom is -0.304 e. The number of rotatable bonds is 6. The summed E-state index contributed by atoms with van der Waals surface area (Å²) >= 11 is 0. The minimum atomic E-state index is 0.198. The Morgan fingerprint density at radius 2 is 1.82 bits per heavy atom. The van der Waals surface area contributed by atoms with Gasteiger partial charge in [0.05, 0.1) is 12.6 Å². The molecule has 1 heterocycles. The third-order valence-corrected chi connectivity index (χ3v) is 3.71. The molecule has 0 aliphatic rings. The summed E-state index contributed by atoms with van der Waals surface area (Å²) in [4.78, 5) is 4.02. The van der Waals surface area contributed by atoms with Gasteiger partial charge in [0.25, 0.3) is 0 Å². The van der Waals surface area contributed by atoms with E-state index in [1.54, 1.807) is 12.7 Å². The van der Waals surface area contributed by atoms with Crippen LogP contribution in [-0.4, -0.2) is 14.8 Å². The molecule has 4 heteroatoms. The van der Waals surface area contributed by atoms with Crippen molar-refractivity contribution in [3.8, 4) is 0 Å². The van der Waals surface area contributed by atoms with Gasteiger partial charge in [-0.1, -0.05) is 60.2 Å². The molecule has 0 bridgehead atoms. The average Bonchev–Trinajstić information content (AvgIpc) is 3.07. The van der Waals surface area contributed by atoms with Crippen LogP contribution in [0.4, 0.5) is 0 Å². The zero-order valence-electron chi connectivity index (χ0n) is 12.7. The van der Waals surface area contributed by atoms with Crippen LogP contribution >= 0.6 is 0 Å². The number of nitrogens with one attached hydrogen (secondary N) is 1. The van der Waals surface area contributed by atoms with Crippen molar-refractivity contribution in [3.63, 3.8) is 0 Å². The zero-order valence-corrected chi connectivity index (χ0v) is 12.7. The van der Waals surface area contributed by atoms with E-state index in [0.717, 1.165) is 13.1 Å². The third-order valence-electron chi connectivity index (χ3n) is 3.71. The van der Waals surface area contributed by atoms with Crippen LogP contribution in [0.3, 0.4) is 0 Å². The lowest BCUT2D eigenvalue weighted by Gasteiger charge is -2.19. The Morgan fingerprint density at radius 3 is 2.50 bits per heavy atom. The molecule has 1 atom stereocenters. The molecule has 1 aromatic heterocycles. The number of nitrogens with zero attached hydrogens (tertiary/aromatic N) is 3. The number of hydrogen-bond donors (Lipinski definition) is 1. The van der Waals surface area contributed by atoms with E-state index in [1.807, 2.05) is 10.7 Å². The number of aromatic nitrogens is 3. The molecular formula is C18H20N4. The Kier molecular flexibility index (Phi) is 4.61. The van der Waals surface area contributed by atoms with Crippen molar-refractivity contribution >= 4 is 0 Å². The lowest BCUT2D eigenvalue weighted by molar-refractivity contribution is 0.436. The third kappa shape index (κ3) is 3.80. The van der Waals surface area contributed by atoms with Crippen LogP contribution in [0.1, 0.15) is 22.7 Å². The maximum atomic E-state index is 4.21. The first-order valence-electron chi connectivity index (χ1n) is 7.47. The largest absolute Gasteiger partial charge is 0.304 e. The molecule has 3 rings (SSSR count). The Balaban J connectivity index is 1.72. The Labute approximate surface area is 130 Å². The van der Waals surface area contributed by atoms with Crippen molar-refractivity contribution < 1.29 is 0 Å². The van der Waals surface area contributed by atoms with Crippen molar-refractivity contribution in [2.75, 3.05) is 0 Å². The second-order valence-electron chi connectivity index (χ2n) is 5.45. The molecule has 1 N–H and O–H groups in total. The van der Waals surface area contributed by atoms with Crippen LogP contribution in [-0.2, 0) is 13.1 Å². The van der Waals surface area contributed by atoms with Gasteiger partial charge < -0.3 is 5.32 Å². The molecule has 112 valence electrons. The molecule has 0 spiro atoms. The van der Waals surface area contributed by atoms with Crippen LogP contribution < -0.4 is 5.32 Å². The van der Waals surface area contributed by atoms with E-state index in [4.69, 9.17) is 0 Å².